The van der Waals surface area contributed by atoms with Crippen LogP contribution in [-0.4, -0.2) is 33.3 Å². The Balaban J connectivity index is 2.54. The minimum atomic E-state index is -0.930. The van der Waals surface area contributed by atoms with E-state index in [4.69, 9.17) is 0 Å². The summed E-state index contributed by atoms with van der Waals surface area (Å²) in [5.74, 6) is 0.915. The predicted octanol–water partition coefficient (Wildman–Crippen LogP) is 2.04. The number of hydrogen-bond donors (Lipinski definition) is 2. The number of carbonyl (C=O) groups is 1. The zero-order valence-electron chi connectivity index (χ0n) is 10.5. The van der Waals surface area contributed by atoms with Crippen LogP contribution in [-0.2, 0) is 10.8 Å². The van der Waals surface area contributed by atoms with Gasteiger partial charge < -0.3 is 5.32 Å². The van der Waals surface area contributed by atoms with Crippen LogP contribution < -0.4 is 10.6 Å². The molecule has 0 saturated heterocycles. The lowest BCUT2D eigenvalue weighted by Gasteiger charge is -2.13. The number of pyridine rings is 1. The summed E-state index contributed by atoms with van der Waals surface area (Å²) in [6.07, 6.45) is 1.61. The molecule has 1 aromatic heterocycles. The molecule has 0 bridgehead atoms. The molecule has 2 amide bonds. The Bertz CT molecular complexity index is 468. The molecular weight excluding hydrogens is 318 g/mol. The van der Waals surface area contributed by atoms with Crippen LogP contribution in [0, 0.1) is 6.92 Å². The van der Waals surface area contributed by atoms with Gasteiger partial charge in [0, 0.05) is 33.3 Å². The highest BCUT2D eigenvalue weighted by atomic mass is 79.9. The van der Waals surface area contributed by atoms with Crippen LogP contribution in [0.25, 0.3) is 0 Å². The number of halogens is 1. The normalized spacial score (nSPS) is 13.8. The van der Waals surface area contributed by atoms with Gasteiger partial charge in [-0.1, -0.05) is 0 Å². The molecule has 2 unspecified atom stereocenters. The topological polar surface area (TPSA) is 71.1 Å². The minimum Gasteiger partial charge on any atom is -0.334 e. The summed E-state index contributed by atoms with van der Waals surface area (Å²) in [4.78, 5) is 15.8. The van der Waals surface area contributed by atoms with E-state index >= 15 is 0 Å². The number of urea groups is 1. The molecule has 1 heterocycles. The first-order chi connectivity index (χ1) is 8.38. The van der Waals surface area contributed by atoms with Crippen LogP contribution in [0.5, 0.6) is 0 Å². The number of carbonyl (C=O) groups excluding carboxylic acids is 1. The van der Waals surface area contributed by atoms with Gasteiger partial charge in [0.2, 0.25) is 0 Å². The standard InChI is InChI=1S/C11H16BrN3O2S/c1-7(6-18(3)17)13-11(16)15-10-5-4-9(12)8(2)14-10/h4-5,7H,6H2,1-3H3,(H2,13,14,15,16). The molecule has 1 aromatic rings. The number of amides is 2. The summed E-state index contributed by atoms with van der Waals surface area (Å²) in [6.45, 7) is 3.65. The molecule has 0 radical (unpaired) electrons. The van der Waals surface area contributed by atoms with E-state index < -0.39 is 10.8 Å². The van der Waals surface area contributed by atoms with Crippen LogP contribution in [0.4, 0.5) is 10.6 Å². The molecule has 7 heteroatoms. The van der Waals surface area contributed by atoms with Crippen LogP contribution in [0.2, 0.25) is 0 Å². The average molecular weight is 334 g/mol. The Hall–Kier alpha value is -0.950. The molecule has 0 fully saturated rings. The van der Waals surface area contributed by atoms with E-state index in [2.05, 4.69) is 31.5 Å². The van der Waals surface area contributed by atoms with Gasteiger partial charge in [0.1, 0.15) is 5.82 Å². The molecule has 0 aromatic carbocycles. The van der Waals surface area contributed by atoms with Gasteiger partial charge >= 0.3 is 6.03 Å². The summed E-state index contributed by atoms with van der Waals surface area (Å²) in [5, 5.41) is 5.33. The maximum absolute atomic E-state index is 11.6. The fourth-order valence-electron chi connectivity index (χ4n) is 1.38. The van der Waals surface area contributed by atoms with Crippen molar-refractivity contribution in [3.8, 4) is 0 Å². The van der Waals surface area contributed by atoms with Gasteiger partial charge in [-0.2, -0.15) is 0 Å². The molecule has 100 valence electrons. The van der Waals surface area contributed by atoms with E-state index in [1.165, 1.54) is 0 Å². The number of nitrogens with one attached hydrogen (secondary N) is 2. The first kappa shape index (κ1) is 15.1. The van der Waals surface area contributed by atoms with E-state index in [0.717, 1.165) is 10.2 Å². The summed E-state index contributed by atoms with van der Waals surface area (Å²) in [7, 11) is -0.930. The molecule has 0 spiro atoms. The number of anilines is 1. The van der Waals surface area contributed by atoms with Crippen LogP contribution in [0.1, 0.15) is 12.6 Å². The van der Waals surface area contributed by atoms with Crippen molar-refractivity contribution in [1.82, 2.24) is 10.3 Å². The number of nitrogens with zero attached hydrogens (tertiary/aromatic N) is 1. The smallest absolute Gasteiger partial charge is 0.320 e. The Kier molecular flexibility index (Phi) is 5.74. The quantitative estimate of drug-likeness (QED) is 0.885. The predicted molar refractivity (Wildman–Crippen MR) is 77.2 cm³/mol. The van der Waals surface area contributed by atoms with E-state index in [1.54, 1.807) is 19.2 Å². The van der Waals surface area contributed by atoms with Crippen molar-refractivity contribution in [3.63, 3.8) is 0 Å². The fraction of sp³-hybridized carbons (Fsp3) is 0.455. The largest absolute Gasteiger partial charge is 0.334 e. The van der Waals surface area contributed by atoms with E-state index in [1.807, 2.05) is 13.0 Å². The molecule has 1 rings (SSSR count). The average Bonchev–Trinajstić information content (AvgIpc) is 2.21. The third kappa shape index (κ3) is 5.14. The fourth-order valence-corrected chi connectivity index (χ4v) is 2.39. The Labute approximate surface area is 117 Å². The van der Waals surface area contributed by atoms with Crippen molar-refractivity contribution >= 4 is 38.6 Å². The number of aromatic nitrogens is 1. The summed E-state index contributed by atoms with van der Waals surface area (Å²) in [5.41, 5.74) is 0.801. The molecule has 18 heavy (non-hydrogen) atoms. The third-order valence-corrected chi connectivity index (χ3v) is 3.93. The third-order valence-electron chi connectivity index (χ3n) is 2.13. The second kappa shape index (κ2) is 6.84. The van der Waals surface area contributed by atoms with E-state index in [9.17, 15) is 9.00 Å². The molecule has 2 N–H and O–H groups in total. The highest BCUT2D eigenvalue weighted by Gasteiger charge is 2.09. The number of rotatable bonds is 4. The minimum absolute atomic E-state index is 0.146. The van der Waals surface area contributed by atoms with Gasteiger partial charge in [-0.15, -0.1) is 0 Å². The van der Waals surface area contributed by atoms with Crippen molar-refractivity contribution in [2.24, 2.45) is 0 Å². The first-order valence-electron chi connectivity index (χ1n) is 5.39. The van der Waals surface area contributed by atoms with Crippen LogP contribution >= 0.6 is 15.9 Å². The lowest BCUT2D eigenvalue weighted by Crippen LogP contribution is -2.39. The summed E-state index contributed by atoms with van der Waals surface area (Å²) in [6, 6.07) is 3.04. The van der Waals surface area contributed by atoms with Gasteiger partial charge in [-0.3, -0.25) is 9.53 Å². The molecule has 0 saturated carbocycles. The van der Waals surface area contributed by atoms with Crippen molar-refractivity contribution in [1.29, 1.82) is 0 Å². The van der Waals surface area contributed by atoms with Crippen molar-refractivity contribution in [2.75, 3.05) is 17.3 Å². The molecule has 2 atom stereocenters. The number of hydrogen-bond acceptors (Lipinski definition) is 3. The van der Waals surface area contributed by atoms with Crippen LogP contribution in [0.3, 0.4) is 0 Å². The Morgan fingerprint density at radius 1 is 1.56 bits per heavy atom. The highest BCUT2D eigenvalue weighted by molar-refractivity contribution is 9.10. The monoisotopic (exact) mass is 333 g/mol. The SMILES string of the molecule is Cc1nc(NC(=O)NC(C)CS(C)=O)ccc1Br. The van der Waals surface area contributed by atoms with Gasteiger partial charge in [0.15, 0.2) is 0 Å². The molecule has 0 aliphatic carbocycles. The van der Waals surface area contributed by atoms with Crippen LogP contribution in [0.15, 0.2) is 16.6 Å². The van der Waals surface area contributed by atoms with Crippen molar-refractivity contribution in [2.45, 2.75) is 19.9 Å². The summed E-state index contributed by atoms with van der Waals surface area (Å²) >= 11 is 3.34. The second-order valence-electron chi connectivity index (χ2n) is 4.00. The highest BCUT2D eigenvalue weighted by Crippen LogP contribution is 2.15. The van der Waals surface area contributed by atoms with Gasteiger partial charge in [-0.05, 0) is 41.9 Å². The van der Waals surface area contributed by atoms with Gasteiger partial charge in [-0.25, -0.2) is 9.78 Å². The summed E-state index contributed by atoms with van der Waals surface area (Å²) < 4.78 is 11.9. The Morgan fingerprint density at radius 3 is 2.78 bits per heavy atom. The second-order valence-corrected chi connectivity index (χ2v) is 6.34. The zero-order valence-corrected chi connectivity index (χ0v) is 12.9. The van der Waals surface area contributed by atoms with Crippen molar-refractivity contribution < 1.29 is 9.00 Å². The van der Waals surface area contributed by atoms with Gasteiger partial charge in [0.05, 0.1) is 5.69 Å². The molecule has 0 aliphatic rings. The lowest BCUT2D eigenvalue weighted by atomic mass is 10.3. The molecule has 0 aliphatic heterocycles. The number of aryl methyl sites for hydroxylation is 1. The van der Waals surface area contributed by atoms with Gasteiger partial charge in [0.25, 0.3) is 0 Å². The lowest BCUT2D eigenvalue weighted by molar-refractivity contribution is 0.250. The van der Waals surface area contributed by atoms with E-state index in [0.29, 0.717) is 11.6 Å². The molecular formula is C11H16BrN3O2S. The maximum atomic E-state index is 11.6. The van der Waals surface area contributed by atoms with Crippen molar-refractivity contribution in [3.05, 3.63) is 22.3 Å². The van der Waals surface area contributed by atoms with E-state index in [-0.39, 0.29) is 12.1 Å². The maximum Gasteiger partial charge on any atom is 0.320 e. The Morgan fingerprint density at radius 2 is 2.22 bits per heavy atom. The molecule has 5 nitrogen and oxygen atoms in total. The zero-order chi connectivity index (χ0) is 13.7. The first-order valence-corrected chi connectivity index (χ1v) is 7.91.